The molecule has 0 aliphatic carbocycles. The molecule has 0 saturated carbocycles. The maximum Gasteiger partial charge on any atom is 0.260 e. The lowest BCUT2D eigenvalue weighted by Crippen LogP contribution is -2.30. The van der Waals surface area contributed by atoms with Crippen LogP contribution in [0.4, 0.5) is 11.4 Å². The van der Waals surface area contributed by atoms with Gasteiger partial charge < -0.3 is 15.6 Å². The molecule has 0 aliphatic heterocycles. The first-order valence-electron chi connectivity index (χ1n) is 6.79. The van der Waals surface area contributed by atoms with E-state index in [1.54, 1.807) is 29.6 Å². The van der Waals surface area contributed by atoms with Crippen LogP contribution in [0.2, 0.25) is 0 Å². The molecule has 1 amide bonds. The molecular formula is C16H16N4O. The molecule has 1 aromatic carbocycles. The maximum atomic E-state index is 12.8. The van der Waals surface area contributed by atoms with E-state index in [0.29, 0.717) is 17.8 Å². The second kappa shape index (κ2) is 5.28. The SMILES string of the molecule is CCN(C(=O)c1c[nH]c2cc(N)ccc12)c1ccncc1. The van der Waals surface area contributed by atoms with Gasteiger partial charge in [-0.1, -0.05) is 0 Å². The van der Waals surface area contributed by atoms with Gasteiger partial charge in [-0.25, -0.2) is 0 Å². The highest BCUT2D eigenvalue weighted by molar-refractivity contribution is 6.14. The number of nitrogens with one attached hydrogen (secondary N) is 1. The summed E-state index contributed by atoms with van der Waals surface area (Å²) < 4.78 is 0. The monoisotopic (exact) mass is 280 g/mol. The number of amides is 1. The van der Waals surface area contributed by atoms with E-state index in [1.165, 1.54) is 0 Å². The lowest BCUT2D eigenvalue weighted by molar-refractivity contribution is 0.0990. The molecule has 0 aliphatic rings. The lowest BCUT2D eigenvalue weighted by atomic mass is 10.1. The predicted octanol–water partition coefficient (Wildman–Crippen LogP) is 2.81. The van der Waals surface area contributed by atoms with Crippen LogP contribution >= 0.6 is 0 Å². The number of nitrogens with two attached hydrogens (primary N) is 1. The Morgan fingerprint density at radius 3 is 2.76 bits per heavy atom. The van der Waals surface area contributed by atoms with E-state index >= 15 is 0 Å². The molecule has 0 saturated heterocycles. The fourth-order valence-electron chi connectivity index (χ4n) is 2.43. The van der Waals surface area contributed by atoms with Crippen molar-refractivity contribution in [2.24, 2.45) is 0 Å². The number of hydrogen-bond donors (Lipinski definition) is 2. The van der Waals surface area contributed by atoms with Gasteiger partial charge >= 0.3 is 0 Å². The highest BCUT2D eigenvalue weighted by Gasteiger charge is 2.19. The zero-order valence-corrected chi connectivity index (χ0v) is 11.7. The molecule has 3 N–H and O–H groups in total. The normalized spacial score (nSPS) is 10.7. The Labute approximate surface area is 122 Å². The molecular weight excluding hydrogens is 264 g/mol. The van der Waals surface area contributed by atoms with E-state index in [1.807, 2.05) is 31.2 Å². The second-order valence-corrected chi connectivity index (χ2v) is 4.76. The number of hydrogen-bond acceptors (Lipinski definition) is 3. The predicted molar refractivity (Wildman–Crippen MR) is 84.3 cm³/mol. The molecule has 2 heterocycles. The fraction of sp³-hybridized carbons (Fsp3) is 0.125. The summed E-state index contributed by atoms with van der Waals surface area (Å²) in [6.07, 6.45) is 5.10. The Bertz CT molecular complexity index is 779. The molecule has 3 aromatic rings. The van der Waals surface area contributed by atoms with E-state index in [0.717, 1.165) is 16.6 Å². The summed E-state index contributed by atoms with van der Waals surface area (Å²) in [5.41, 5.74) is 8.78. The summed E-state index contributed by atoms with van der Waals surface area (Å²) in [6, 6.07) is 9.15. The number of carbonyl (C=O) groups excluding carboxylic acids is 1. The Hall–Kier alpha value is -2.82. The van der Waals surface area contributed by atoms with Gasteiger partial charge in [0.15, 0.2) is 0 Å². The van der Waals surface area contributed by atoms with Crippen LogP contribution in [0.5, 0.6) is 0 Å². The quantitative estimate of drug-likeness (QED) is 0.724. The van der Waals surface area contributed by atoms with Crippen LogP contribution in [0.1, 0.15) is 17.3 Å². The van der Waals surface area contributed by atoms with Gasteiger partial charge in [-0.05, 0) is 37.3 Å². The summed E-state index contributed by atoms with van der Waals surface area (Å²) in [4.78, 5) is 21.6. The third-order valence-electron chi connectivity index (χ3n) is 3.47. The number of nitrogen functional groups attached to an aromatic ring is 1. The van der Waals surface area contributed by atoms with Crippen molar-refractivity contribution in [1.82, 2.24) is 9.97 Å². The number of fused-ring (bicyclic) bond motifs is 1. The van der Waals surface area contributed by atoms with Crippen LogP contribution < -0.4 is 10.6 Å². The van der Waals surface area contributed by atoms with Gasteiger partial charge in [0.25, 0.3) is 5.91 Å². The van der Waals surface area contributed by atoms with Crippen molar-refractivity contribution in [3.05, 3.63) is 54.5 Å². The van der Waals surface area contributed by atoms with Gasteiger partial charge in [0.1, 0.15) is 0 Å². The number of rotatable bonds is 3. The third kappa shape index (κ3) is 2.33. The number of anilines is 2. The van der Waals surface area contributed by atoms with Gasteiger partial charge in [0.2, 0.25) is 0 Å². The molecule has 5 heteroatoms. The second-order valence-electron chi connectivity index (χ2n) is 4.76. The van der Waals surface area contributed by atoms with Crippen molar-refractivity contribution < 1.29 is 4.79 Å². The Morgan fingerprint density at radius 1 is 1.29 bits per heavy atom. The topological polar surface area (TPSA) is 75.0 Å². The number of nitrogens with zero attached hydrogens (tertiary/aromatic N) is 2. The summed E-state index contributed by atoms with van der Waals surface area (Å²) in [5.74, 6) is -0.0419. The van der Waals surface area contributed by atoms with Gasteiger partial charge in [0, 0.05) is 47.4 Å². The number of H-pyrrole nitrogens is 1. The molecule has 0 atom stereocenters. The minimum absolute atomic E-state index is 0.0419. The molecule has 0 bridgehead atoms. The summed E-state index contributed by atoms with van der Waals surface area (Å²) in [6.45, 7) is 2.54. The molecule has 0 spiro atoms. The zero-order valence-electron chi connectivity index (χ0n) is 11.7. The fourth-order valence-corrected chi connectivity index (χ4v) is 2.43. The molecule has 106 valence electrons. The number of carbonyl (C=O) groups is 1. The van der Waals surface area contributed by atoms with Crippen LogP contribution in [0.15, 0.2) is 48.9 Å². The largest absolute Gasteiger partial charge is 0.399 e. The average Bonchev–Trinajstić information content (AvgIpc) is 2.92. The number of aromatic nitrogens is 2. The summed E-state index contributed by atoms with van der Waals surface area (Å²) in [5, 5.41) is 0.877. The number of aromatic amines is 1. The van der Waals surface area contributed by atoms with Crippen molar-refractivity contribution in [3.8, 4) is 0 Å². The lowest BCUT2D eigenvalue weighted by Gasteiger charge is -2.20. The molecule has 5 nitrogen and oxygen atoms in total. The van der Waals surface area contributed by atoms with E-state index in [2.05, 4.69) is 9.97 Å². The molecule has 0 unspecified atom stereocenters. The Morgan fingerprint density at radius 2 is 2.05 bits per heavy atom. The van der Waals surface area contributed by atoms with Crippen LogP contribution in [0.25, 0.3) is 10.9 Å². The third-order valence-corrected chi connectivity index (χ3v) is 3.47. The minimum atomic E-state index is -0.0419. The maximum absolute atomic E-state index is 12.8. The van der Waals surface area contributed by atoms with Crippen molar-refractivity contribution >= 4 is 28.2 Å². The summed E-state index contributed by atoms with van der Waals surface area (Å²) >= 11 is 0. The van der Waals surface area contributed by atoms with Crippen LogP contribution in [-0.4, -0.2) is 22.4 Å². The van der Waals surface area contributed by atoms with Gasteiger partial charge in [-0.2, -0.15) is 0 Å². The molecule has 21 heavy (non-hydrogen) atoms. The van der Waals surface area contributed by atoms with Gasteiger partial charge in [-0.15, -0.1) is 0 Å². The smallest absolute Gasteiger partial charge is 0.260 e. The molecule has 2 aromatic heterocycles. The van der Waals surface area contributed by atoms with Gasteiger partial charge in [-0.3, -0.25) is 9.78 Å². The summed E-state index contributed by atoms with van der Waals surface area (Å²) in [7, 11) is 0. The van der Waals surface area contributed by atoms with E-state index in [9.17, 15) is 4.79 Å². The number of benzene rings is 1. The zero-order chi connectivity index (χ0) is 14.8. The molecule has 0 radical (unpaired) electrons. The van der Waals surface area contributed by atoms with E-state index in [-0.39, 0.29) is 5.91 Å². The first-order valence-corrected chi connectivity index (χ1v) is 6.79. The van der Waals surface area contributed by atoms with Crippen molar-refractivity contribution in [2.45, 2.75) is 6.92 Å². The van der Waals surface area contributed by atoms with Crippen molar-refractivity contribution in [3.63, 3.8) is 0 Å². The van der Waals surface area contributed by atoms with E-state index in [4.69, 9.17) is 5.73 Å². The first-order chi connectivity index (χ1) is 10.2. The highest BCUT2D eigenvalue weighted by atomic mass is 16.2. The van der Waals surface area contributed by atoms with Crippen molar-refractivity contribution in [1.29, 1.82) is 0 Å². The van der Waals surface area contributed by atoms with Crippen LogP contribution in [0.3, 0.4) is 0 Å². The average molecular weight is 280 g/mol. The number of pyridine rings is 1. The standard InChI is InChI=1S/C16H16N4O/c1-2-20(12-5-7-18-8-6-12)16(21)14-10-19-15-9-11(17)3-4-13(14)15/h3-10,19H,2,17H2,1H3. The highest BCUT2D eigenvalue weighted by Crippen LogP contribution is 2.24. The Kier molecular flexibility index (Phi) is 3.31. The first kappa shape index (κ1) is 13.2. The van der Waals surface area contributed by atoms with Crippen LogP contribution in [-0.2, 0) is 0 Å². The molecule has 3 rings (SSSR count). The van der Waals surface area contributed by atoms with Crippen molar-refractivity contribution in [2.75, 3.05) is 17.2 Å². The molecule has 0 fully saturated rings. The van der Waals surface area contributed by atoms with Crippen LogP contribution in [0, 0.1) is 0 Å². The van der Waals surface area contributed by atoms with Gasteiger partial charge in [0.05, 0.1) is 5.56 Å². The minimum Gasteiger partial charge on any atom is -0.399 e. The van der Waals surface area contributed by atoms with E-state index < -0.39 is 0 Å². The Balaban J connectivity index is 2.03.